The number of carbonyl (C=O) groups is 1. The van der Waals surface area contributed by atoms with Crippen LogP contribution in [0.4, 0.5) is 0 Å². The van der Waals surface area contributed by atoms with E-state index in [1.165, 1.54) is 0 Å². The second-order valence-electron chi connectivity index (χ2n) is 2.68. The molecule has 0 spiro atoms. The van der Waals surface area contributed by atoms with Crippen LogP contribution in [-0.2, 0) is 0 Å². The van der Waals surface area contributed by atoms with Crippen molar-refractivity contribution in [3.05, 3.63) is 10.6 Å². The van der Waals surface area contributed by atoms with E-state index in [0.717, 1.165) is 12.8 Å². The molecule has 1 saturated carbocycles. The van der Waals surface area contributed by atoms with E-state index in [-0.39, 0.29) is 41.4 Å². The Bertz CT molecular complexity index is 337. The van der Waals surface area contributed by atoms with Crippen molar-refractivity contribution >= 4 is 21.9 Å². The van der Waals surface area contributed by atoms with Gasteiger partial charge < -0.3 is 9.90 Å². The Balaban J connectivity index is 0.000000845. The van der Waals surface area contributed by atoms with E-state index >= 15 is 0 Å². The van der Waals surface area contributed by atoms with Gasteiger partial charge in [0.15, 0.2) is 5.82 Å². The van der Waals surface area contributed by atoms with Gasteiger partial charge in [-0.05, 0) is 28.8 Å². The van der Waals surface area contributed by atoms with Crippen LogP contribution >= 0.6 is 15.9 Å². The van der Waals surface area contributed by atoms with Crippen LogP contribution in [0.2, 0.25) is 0 Å². The fraction of sp³-hybridized carbons (Fsp3) is 0.500. The molecule has 1 aromatic rings. The van der Waals surface area contributed by atoms with Crippen molar-refractivity contribution in [3.63, 3.8) is 0 Å². The molecule has 0 N–H and O–H groups in total. The van der Waals surface area contributed by atoms with Gasteiger partial charge in [-0.15, -0.1) is 10.2 Å². The number of aromatic carboxylic acids is 1. The number of carboxylic acid groups (broad SMARTS) is 1. The van der Waals surface area contributed by atoms with E-state index in [4.69, 9.17) is 0 Å². The van der Waals surface area contributed by atoms with Crippen LogP contribution in [-0.4, -0.2) is 20.7 Å². The Morgan fingerprint density at radius 2 is 2.15 bits per heavy atom. The molecule has 0 amide bonds. The molecule has 1 heterocycles. The summed E-state index contributed by atoms with van der Waals surface area (Å²) in [5, 5.41) is 17.6. The Morgan fingerprint density at radius 3 is 2.62 bits per heavy atom. The van der Waals surface area contributed by atoms with Crippen molar-refractivity contribution in [3.8, 4) is 0 Å². The summed E-state index contributed by atoms with van der Waals surface area (Å²) >= 11 is 3.12. The van der Waals surface area contributed by atoms with Crippen molar-refractivity contribution in [1.82, 2.24) is 14.8 Å². The van der Waals surface area contributed by atoms with Gasteiger partial charge in [0.05, 0.1) is 0 Å². The summed E-state index contributed by atoms with van der Waals surface area (Å²) in [7, 11) is 0. The fourth-order valence-electron chi connectivity index (χ4n) is 1.07. The maximum Gasteiger partial charge on any atom is 1.00 e. The van der Waals surface area contributed by atoms with Gasteiger partial charge in [0.1, 0.15) is 5.97 Å². The minimum atomic E-state index is -1.28. The van der Waals surface area contributed by atoms with Crippen molar-refractivity contribution < 1.29 is 39.5 Å². The number of rotatable bonds is 2. The van der Waals surface area contributed by atoms with Gasteiger partial charge in [-0.25, -0.2) is 0 Å². The van der Waals surface area contributed by atoms with Gasteiger partial charge in [-0.2, -0.15) is 0 Å². The zero-order valence-electron chi connectivity index (χ0n) is 7.03. The number of halogens is 1. The predicted molar refractivity (Wildman–Crippen MR) is 40.3 cm³/mol. The number of carbonyl (C=O) groups excluding carboxylic acids is 1. The Labute approximate surface area is 105 Å². The normalized spacial score (nSPS) is 15.2. The molecule has 1 aliphatic rings. The van der Waals surface area contributed by atoms with Crippen LogP contribution in [0.5, 0.6) is 0 Å². The third kappa shape index (κ3) is 2.12. The fourth-order valence-corrected chi connectivity index (χ4v) is 1.60. The second-order valence-corrected chi connectivity index (χ2v) is 3.39. The summed E-state index contributed by atoms with van der Waals surface area (Å²) in [6, 6.07) is 0.238. The Morgan fingerprint density at radius 1 is 1.54 bits per heavy atom. The van der Waals surface area contributed by atoms with E-state index in [9.17, 15) is 9.90 Å². The van der Waals surface area contributed by atoms with Gasteiger partial charge >= 0.3 is 29.6 Å². The zero-order valence-corrected chi connectivity index (χ0v) is 10.6. The van der Waals surface area contributed by atoms with Crippen molar-refractivity contribution in [2.24, 2.45) is 0 Å². The number of carboxylic acids is 1. The second kappa shape index (κ2) is 4.08. The van der Waals surface area contributed by atoms with Crippen molar-refractivity contribution in [2.45, 2.75) is 18.9 Å². The van der Waals surface area contributed by atoms with Gasteiger partial charge in [0, 0.05) is 6.04 Å². The molecule has 0 radical (unpaired) electrons. The smallest absolute Gasteiger partial charge is 0.541 e. The molecule has 1 fully saturated rings. The van der Waals surface area contributed by atoms with Crippen LogP contribution in [0.1, 0.15) is 29.5 Å². The standard InChI is InChI=1S/C6H6BrN3O2.Na/c7-6-9-8-4(5(11)12)10(6)3-1-2-3;/h3H,1-2H2,(H,11,12);/q;+1/p-1. The van der Waals surface area contributed by atoms with Gasteiger partial charge in [-0.1, -0.05) is 0 Å². The third-order valence-electron chi connectivity index (χ3n) is 1.75. The molecule has 64 valence electrons. The molecule has 0 aliphatic heterocycles. The van der Waals surface area contributed by atoms with Gasteiger partial charge in [-0.3, -0.25) is 4.57 Å². The Hall–Kier alpha value is 0.0900. The predicted octanol–water partition coefficient (Wildman–Crippen LogP) is -3.26. The minimum Gasteiger partial charge on any atom is -0.541 e. The summed E-state index contributed by atoms with van der Waals surface area (Å²) in [6.07, 6.45) is 1.97. The minimum absolute atomic E-state index is 0. The number of hydrogen-bond donors (Lipinski definition) is 0. The van der Waals surface area contributed by atoms with Gasteiger partial charge in [0.25, 0.3) is 0 Å². The molecule has 0 bridgehead atoms. The maximum absolute atomic E-state index is 10.5. The molecule has 2 rings (SSSR count). The van der Waals surface area contributed by atoms with Gasteiger partial charge in [0.2, 0.25) is 4.73 Å². The SMILES string of the molecule is O=C([O-])c1nnc(Br)n1C1CC1.[Na+]. The van der Waals surface area contributed by atoms with E-state index in [2.05, 4.69) is 26.1 Å². The first kappa shape index (κ1) is 11.2. The average Bonchev–Trinajstić information content (AvgIpc) is 2.75. The summed E-state index contributed by atoms with van der Waals surface area (Å²) < 4.78 is 2.01. The number of hydrogen-bond acceptors (Lipinski definition) is 4. The summed E-state index contributed by atoms with van der Waals surface area (Å²) in [5.74, 6) is -1.37. The Kier molecular flexibility index (Phi) is 3.50. The van der Waals surface area contributed by atoms with E-state index in [1.807, 2.05) is 0 Å². The summed E-state index contributed by atoms with van der Waals surface area (Å²) in [5.41, 5.74) is 0. The molecular formula is C6H5BrN3NaO2. The molecular weight excluding hydrogens is 249 g/mol. The molecule has 5 nitrogen and oxygen atoms in total. The summed E-state index contributed by atoms with van der Waals surface area (Å²) in [4.78, 5) is 10.5. The molecule has 1 aromatic heterocycles. The quantitative estimate of drug-likeness (QED) is 0.519. The molecule has 0 unspecified atom stereocenters. The third-order valence-corrected chi connectivity index (χ3v) is 2.29. The van der Waals surface area contributed by atoms with Crippen LogP contribution < -0.4 is 34.7 Å². The molecule has 0 atom stereocenters. The number of aromatic nitrogens is 3. The monoisotopic (exact) mass is 253 g/mol. The van der Waals surface area contributed by atoms with E-state index < -0.39 is 5.97 Å². The van der Waals surface area contributed by atoms with E-state index in [0.29, 0.717) is 4.73 Å². The zero-order chi connectivity index (χ0) is 8.72. The maximum atomic E-state index is 10.5. The molecule has 13 heavy (non-hydrogen) atoms. The topological polar surface area (TPSA) is 70.8 Å². The largest absolute Gasteiger partial charge is 1.00 e. The van der Waals surface area contributed by atoms with Crippen LogP contribution in [0.3, 0.4) is 0 Å². The van der Waals surface area contributed by atoms with Crippen molar-refractivity contribution in [1.29, 1.82) is 0 Å². The van der Waals surface area contributed by atoms with Crippen LogP contribution in [0.15, 0.2) is 4.73 Å². The summed E-state index contributed by atoms with van der Waals surface area (Å²) in [6.45, 7) is 0. The molecule has 0 aromatic carbocycles. The molecule has 1 aliphatic carbocycles. The van der Waals surface area contributed by atoms with Crippen molar-refractivity contribution in [2.75, 3.05) is 0 Å². The molecule has 7 heteroatoms. The van der Waals surface area contributed by atoms with E-state index in [1.54, 1.807) is 4.57 Å². The first-order valence-electron chi connectivity index (χ1n) is 3.52. The number of nitrogens with zero attached hydrogens (tertiary/aromatic N) is 3. The first-order chi connectivity index (χ1) is 5.70. The average molecular weight is 254 g/mol. The van der Waals surface area contributed by atoms with Crippen LogP contribution in [0, 0.1) is 0 Å². The first-order valence-corrected chi connectivity index (χ1v) is 4.31. The molecule has 0 saturated heterocycles. The van der Waals surface area contributed by atoms with Crippen LogP contribution in [0.25, 0.3) is 0 Å².